The Hall–Kier alpha value is -2.14. The van der Waals surface area contributed by atoms with Crippen LogP contribution in [-0.4, -0.2) is 30.7 Å². The van der Waals surface area contributed by atoms with Gasteiger partial charge in [-0.15, -0.1) is 0 Å². The van der Waals surface area contributed by atoms with Gasteiger partial charge in [-0.3, -0.25) is 0 Å². The molecule has 1 aromatic carbocycles. The molecule has 100 valence electrons. The van der Waals surface area contributed by atoms with E-state index in [1.54, 1.807) is 26.6 Å². The second-order valence-electron chi connectivity index (χ2n) is 4.02. The summed E-state index contributed by atoms with van der Waals surface area (Å²) in [6.07, 6.45) is 4.34. The monoisotopic (exact) mass is 259 g/mol. The average Bonchev–Trinajstić information content (AvgIpc) is 2.47. The van der Waals surface area contributed by atoms with Crippen molar-refractivity contribution in [2.45, 2.75) is 6.42 Å². The maximum atomic E-state index is 5.50. The van der Waals surface area contributed by atoms with Crippen LogP contribution in [0.1, 0.15) is 5.56 Å². The Balaban J connectivity index is 2.38. The molecule has 0 aliphatic carbocycles. The largest absolute Gasteiger partial charge is 0.497 e. The average molecular weight is 259 g/mol. The molecule has 0 atom stereocenters. The number of rotatable bonds is 5. The molecule has 2 N–H and O–H groups in total. The Labute approximate surface area is 112 Å². The number of nitrogens with two attached hydrogens (primary N) is 1. The third-order valence-corrected chi connectivity index (χ3v) is 2.79. The van der Waals surface area contributed by atoms with Crippen LogP contribution < -0.4 is 15.2 Å². The van der Waals surface area contributed by atoms with Crippen molar-refractivity contribution in [1.29, 1.82) is 0 Å². The van der Waals surface area contributed by atoms with Crippen molar-refractivity contribution in [3.05, 3.63) is 36.2 Å². The van der Waals surface area contributed by atoms with Gasteiger partial charge in [0.2, 0.25) is 0 Å². The minimum atomic E-state index is 0.588. The summed E-state index contributed by atoms with van der Waals surface area (Å²) in [5.74, 6) is 2.06. The van der Waals surface area contributed by atoms with Crippen LogP contribution in [0.4, 0.5) is 0 Å². The van der Waals surface area contributed by atoms with E-state index in [0.29, 0.717) is 18.1 Å². The van der Waals surface area contributed by atoms with Crippen LogP contribution in [0.3, 0.4) is 0 Å². The number of aromatic nitrogens is 2. The molecule has 0 aliphatic rings. The van der Waals surface area contributed by atoms with Gasteiger partial charge in [0.05, 0.1) is 19.8 Å². The van der Waals surface area contributed by atoms with E-state index in [4.69, 9.17) is 15.2 Å². The lowest BCUT2D eigenvalue weighted by Crippen LogP contribution is -2.04. The Bertz CT molecular complexity index is 541. The van der Waals surface area contributed by atoms with Crippen LogP contribution in [-0.2, 0) is 6.42 Å². The Morgan fingerprint density at radius 1 is 1.11 bits per heavy atom. The van der Waals surface area contributed by atoms with Gasteiger partial charge in [0.15, 0.2) is 5.82 Å². The fourth-order valence-corrected chi connectivity index (χ4v) is 1.78. The first-order valence-corrected chi connectivity index (χ1v) is 6.02. The molecule has 2 aromatic rings. The highest BCUT2D eigenvalue weighted by atomic mass is 16.5. The van der Waals surface area contributed by atoms with Gasteiger partial charge in [0.1, 0.15) is 11.5 Å². The van der Waals surface area contributed by atoms with Crippen LogP contribution in [0.15, 0.2) is 30.6 Å². The van der Waals surface area contributed by atoms with Crippen LogP contribution in [0.2, 0.25) is 0 Å². The first-order chi connectivity index (χ1) is 9.28. The molecule has 19 heavy (non-hydrogen) atoms. The number of methoxy groups -OCH3 is 2. The zero-order chi connectivity index (χ0) is 13.7. The van der Waals surface area contributed by atoms with Gasteiger partial charge in [-0.2, -0.15) is 0 Å². The predicted molar refractivity (Wildman–Crippen MR) is 73.3 cm³/mol. The van der Waals surface area contributed by atoms with Crippen molar-refractivity contribution >= 4 is 0 Å². The molecule has 0 fully saturated rings. The van der Waals surface area contributed by atoms with Gasteiger partial charge in [-0.25, -0.2) is 9.97 Å². The SMILES string of the molecule is COc1ccc(OC)c(-c2ncc(CCN)cn2)c1. The fraction of sp³-hybridized carbons (Fsp3) is 0.286. The van der Waals surface area contributed by atoms with Crippen LogP contribution in [0, 0.1) is 0 Å². The number of benzene rings is 1. The summed E-state index contributed by atoms with van der Waals surface area (Å²) in [7, 11) is 3.24. The van der Waals surface area contributed by atoms with Crippen molar-refractivity contribution in [3.8, 4) is 22.9 Å². The minimum Gasteiger partial charge on any atom is -0.497 e. The molecular formula is C14H17N3O2. The third-order valence-electron chi connectivity index (χ3n) is 2.79. The number of ether oxygens (including phenoxy) is 2. The van der Waals surface area contributed by atoms with Gasteiger partial charge in [-0.1, -0.05) is 0 Å². The number of hydrogen-bond acceptors (Lipinski definition) is 5. The predicted octanol–water partition coefficient (Wildman–Crippen LogP) is 1.66. The minimum absolute atomic E-state index is 0.588. The van der Waals surface area contributed by atoms with Crippen LogP contribution in [0.25, 0.3) is 11.4 Å². The molecule has 0 bridgehead atoms. The summed E-state index contributed by atoms with van der Waals surface area (Å²) in [6, 6.07) is 5.53. The van der Waals surface area contributed by atoms with Crippen molar-refractivity contribution in [3.63, 3.8) is 0 Å². The highest BCUT2D eigenvalue weighted by Gasteiger charge is 2.10. The molecule has 0 amide bonds. The molecule has 1 aromatic heterocycles. The van der Waals surface area contributed by atoms with E-state index in [1.807, 2.05) is 18.2 Å². The lowest BCUT2D eigenvalue weighted by molar-refractivity contribution is 0.404. The molecule has 0 unspecified atom stereocenters. The summed E-state index contributed by atoms with van der Waals surface area (Å²) in [5, 5.41) is 0. The van der Waals surface area contributed by atoms with Gasteiger partial charge >= 0.3 is 0 Å². The van der Waals surface area contributed by atoms with Crippen LogP contribution in [0.5, 0.6) is 11.5 Å². The van der Waals surface area contributed by atoms with E-state index >= 15 is 0 Å². The molecule has 5 nitrogen and oxygen atoms in total. The molecule has 5 heteroatoms. The van der Waals surface area contributed by atoms with E-state index < -0.39 is 0 Å². The lowest BCUT2D eigenvalue weighted by Gasteiger charge is -2.09. The van der Waals surface area contributed by atoms with Crippen molar-refractivity contribution in [2.75, 3.05) is 20.8 Å². The zero-order valence-corrected chi connectivity index (χ0v) is 11.1. The van der Waals surface area contributed by atoms with Crippen molar-refractivity contribution in [1.82, 2.24) is 9.97 Å². The Kier molecular flexibility index (Phi) is 4.30. The van der Waals surface area contributed by atoms with Crippen molar-refractivity contribution in [2.24, 2.45) is 5.73 Å². The maximum Gasteiger partial charge on any atom is 0.163 e. The topological polar surface area (TPSA) is 70.3 Å². The normalized spacial score (nSPS) is 10.3. The molecule has 1 heterocycles. The smallest absolute Gasteiger partial charge is 0.163 e. The first kappa shape index (κ1) is 13.3. The highest BCUT2D eigenvalue weighted by Crippen LogP contribution is 2.30. The summed E-state index contributed by atoms with van der Waals surface area (Å²) < 4.78 is 10.5. The van der Waals surface area contributed by atoms with E-state index in [0.717, 1.165) is 23.3 Å². The van der Waals surface area contributed by atoms with Gasteiger partial charge < -0.3 is 15.2 Å². The van der Waals surface area contributed by atoms with E-state index in [2.05, 4.69) is 9.97 Å². The molecular weight excluding hydrogens is 242 g/mol. The van der Waals surface area contributed by atoms with Crippen LogP contribution >= 0.6 is 0 Å². The summed E-state index contributed by atoms with van der Waals surface area (Å²) >= 11 is 0. The molecule has 0 saturated carbocycles. The van der Waals surface area contributed by atoms with Gasteiger partial charge in [0.25, 0.3) is 0 Å². The third kappa shape index (κ3) is 3.00. The van der Waals surface area contributed by atoms with E-state index in [-0.39, 0.29) is 0 Å². The van der Waals surface area contributed by atoms with Gasteiger partial charge in [-0.05, 0) is 36.7 Å². The molecule has 2 rings (SSSR count). The van der Waals surface area contributed by atoms with E-state index in [9.17, 15) is 0 Å². The Morgan fingerprint density at radius 3 is 2.42 bits per heavy atom. The zero-order valence-electron chi connectivity index (χ0n) is 11.1. The standard InChI is InChI=1S/C14H17N3O2/c1-18-11-3-4-13(19-2)12(7-11)14-16-8-10(5-6-15)9-17-14/h3-4,7-9H,5-6,15H2,1-2H3. The Morgan fingerprint density at radius 2 is 1.84 bits per heavy atom. The molecule has 0 radical (unpaired) electrons. The lowest BCUT2D eigenvalue weighted by atomic mass is 10.1. The second kappa shape index (κ2) is 6.15. The van der Waals surface area contributed by atoms with Gasteiger partial charge in [0, 0.05) is 12.4 Å². The van der Waals surface area contributed by atoms with E-state index in [1.165, 1.54) is 0 Å². The second-order valence-corrected chi connectivity index (χ2v) is 4.02. The summed E-state index contributed by atoms with van der Waals surface area (Å²) in [6.45, 7) is 0.588. The summed E-state index contributed by atoms with van der Waals surface area (Å²) in [4.78, 5) is 8.70. The fourth-order valence-electron chi connectivity index (χ4n) is 1.78. The molecule has 0 spiro atoms. The number of nitrogens with zero attached hydrogens (tertiary/aromatic N) is 2. The first-order valence-electron chi connectivity index (χ1n) is 6.02. The molecule has 0 aliphatic heterocycles. The quantitative estimate of drug-likeness (QED) is 0.884. The van der Waals surface area contributed by atoms with Crippen molar-refractivity contribution < 1.29 is 9.47 Å². The maximum absolute atomic E-state index is 5.50. The number of hydrogen-bond donors (Lipinski definition) is 1. The molecule has 0 saturated heterocycles. The summed E-state index contributed by atoms with van der Waals surface area (Å²) in [5.41, 5.74) is 7.33. The highest BCUT2D eigenvalue weighted by molar-refractivity contribution is 5.66.